The summed E-state index contributed by atoms with van der Waals surface area (Å²) < 4.78 is 39.8. The molecule has 1 aromatic carbocycles. The Hall–Kier alpha value is -2.38. The van der Waals surface area contributed by atoms with Crippen LogP contribution in [0, 0.1) is 5.41 Å². The number of rotatable bonds is 2. The lowest BCUT2D eigenvalue weighted by Gasteiger charge is -2.18. The van der Waals surface area contributed by atoms with E-state index in [0.29, 0.717) is 11.4 Å². The summed E-state index contributed by atoms with van der Waals surface area (Å²) in [5.41, 5.74) is 0.358. The molecule has 8 heteroatoms. The van der Waals surface area contributed by atoms with Gasteiger partial charge in [-0.15, -0.1) is 0 Å². The number of nitrogens with zero attached hydrogens (tertiary/aromatic N) is 1. The minimum Gasteiger partial charge on any atom is -0.383 e. The zero-order valence-electron chi connectivity index (χ0n) is 11.4. The Bertz CT molecular complexity index is 590. The second kappa shape index (κ2) is 6.17. The first-order chi connectivity index (χ1) is 10.3. The van der Waals surface area contributed by atoms with Crippen LogP contribution in [0.3, 0.4) is 0 Å². The van der Waals surface area contributed by atoms with Crippen molar-refractivity contribution in [2.45, 2.75) is 19.0 Å². The van der Waals surface area contributed by atoms with E-state index < -0.39 is 18.1 Å². The van der Waals surface area contributed by atoms with Crippen molar-refractivity contribution in [2.75, 3.05) is 13.1 Å². The number of nitrogens with one attached hydrogen (secondary N) is 1. The Kier molecular flexibility index (Phi) is 4.48. The van der Waals surface area contributed by atoms with Gasteiger partial charge in [0, 0.05) is 18.7 Å². The molecule has 118 valence electrons. The molecule has 0 aromatic heterocycles. The lowest BCUT2D eigenvalue weighted by molar-refractivity contribution is -0.193. The fourth-order valence-corrected chi connectivity index (χ4v) is 2.09. The molecule has 2 rings (SSSR count). The Morgan fingerprint density at radius 2 is 1.55 bits per heavy atom. The maximum absolute atomic E-state index is 12.0. The minimum atomic E-state index is -5.21. The van der Waals surface area contributed by atoms with Crippen molar-refractivity contribution in [1.29, 1.82) is 5.41 Å². The number of hydrogen-bond acceptors (Lipinski definition) is 4. The fraction of sp³-hybridized carbons (Fsp3) is 0.357. The molecule has 1 fully saturated rings. The predicted molar refractivity (Wildman–Crippen MR) is 70.6 cm³/mol. The fourth-order valence-electron chi connectivity index (χ4n) is 2.09. The highest BCUT2D eigenvalue weighted by Gasteiger charge is 2.42. The summed E-state index contributed by atoms with van der Waals surface area (Å²) in [5, 5.41) is 8.01. The molecule has 1 aliphatic rings. The molecule has 0 saturated carbocycles. The molecule has 22 heavy (non-hydrogen) atoms. The Labute approximate surface area is 124 Å². The van der Waals surface area contributed by atoms with Crippen molar-refractivity contribution >= 4 is 17.8 Å². The van der Waals surface area contributed by atoms with Crippen LogP contribution < -0.4 is 0 Å². The molecular formula is C14H13F3N2O3. The van der Waals surface area contributed by atoms with E-state index in [1.165, 1.54) is 24.3 Å². The van der Waals surface area contributed by atoms with E-state index in [1.807, 2.05) is 4.90 Å². The maximum Gasteiger partial charge on any atom is 0.491 e. The summed E-state index contributed by atoms with van der Waals surface area (Å²) >= 11 is 0. The van der Waals surface area contributed by atoms with Gasteiger partial charge in [0.25, 0.3) is 0 Å². The van der Waals surface area contributed by atoms with E-state index in [4.69, 9.17) is 5.41 Å². The highest BCUT2D eigenvalue weighted by atomic mass is 19.4. The number of likely N-dealkylation sites (tertiary alicyclic amines) is 1. The molecule has 1 N–H and O–H groups in total. The third kappa shape index (κ3) is 3.63. The first-order valence-corrected chi connectivity index (χ1v) is 6.56. The normalized spacial score (nSPS) is 14.8. The topological polar surface area (TPSA) is 70.5 Å². The number of ether oxygens (including phenoxy) is 1. The molecule has 1 aliphatic heterocycles. The molecular weight excluding hydrogens is 301 g/mol. The molecule has 0 radical (unpaired) electrons. The van der Waals surface area contributed by atoms with Crippen LogP contribution in [0.25, 0.3) is 0 Å². The molecule has 0 amide bonds. The van der Waals surface area contributed by atoms with Crippen molar-refractivity contribution in [3.63, 3.8) is 0 Å². The lowest BCUT2D eigenvalue weighted by Crippen LogP contribution is -2.28. The Morgan fingerprint density at radius 3 is 2.05 bits per heavy atom. The summed E-state index contributed by atoms with van der Waals surface area (Å²) in [7, 11) is 0. The first-order valence-electron chi connectivity index (χ1n) is 6.56. The summed E-state index contributed by atoms with van der Waals surface area (Å²) in [5.74, 6) is -3.63. The standard InChI is InChI=1S/C14H13F3N2O3/c15-14(16,17)13(21)22-12(20)10-5-3-9(4-6-10)11(18)19-7-1-2-8-19/h3-6,18H,1-2,7-8H2. The zero-order chi connectivity index (χ0) is 16.3. The lowest BCUT2D eigenvalue weighted by atomic mass is 10.1. The van der Waals surface area contributed by atoms with Gasteiger partial charge in [-0.2, -0.15) is 13.2 Å². The number of alkyl halides is 3. The number of hydrogen-bond donors (Lipinski definition) is 1. The summed E-state index contributed by atoms with van der Waals surface area (Å²) in [6.45, 7) is 1.56. The average Bonchev–Trinajstić information content (AvgIpc) is 2.99. The van der Waals surface area contributed by atoms with Crippen LogP contribution in [0.5, 0.6) is 0 Å². The Morgan fingerprint density at radius 1 is 1.05 bits per heavy atom. The third-order valence-electron chi connectivity index (χ3n) is 3.23. The first kappa shape index (κ1) is 16.0. The van der Waals surface area contributed by atoms with E-state index in [9.17, 15) is 22.8 Å². The molecule has 0 unspecified atom stereocenters. The highest BCUT2D eigenvalue weighted by molar-refractivity contribution is 6.00. The molecule has 1 saturated heterocycles. The number of carbonyl (C=O) groups excluding carboxylic acids is 2. The van der Waals surface area contributed by atoms with Crippen LogP contribution in [-0.2, 0) is 9.53 Å². The number of amidine groups is 1. The van der Waals surface area contributed by atoms with Gasteiger partial charge in [-0.05, 0) is 25.0 Å². The zero-order valence-corrected chi connectivity index (χ0v) is 11.4. The molecule has 0 atom stereocenters. The second-order valence-electron chi connectivity index (χ2n) is 4.79. The van der Waals surface area contributed by atoms with E-state index in [0.717, 1.165) is 25.9 Å². The highest BCUT2D eigenvalue weighted by Crippen LogP contribution is 2.18. The number of esters is 2. The van der Waals surface area contributed by atoms with Crippen molar-refractivity contribution in [3.05, 3.63) is 35.4 Å². The van der Waals surface area contributed by atoms with E-state index in [-0.39, 0.29) is 5.56 Å². The molecule has 0 aliphatic carbocycles. The third-order valence-corrected chi connectivity index (χ3v) is 3.23. The van der Waals surface area contributed by atoms with Crippen molar-refractivity contribution in [1.82, 2.24) is 4.90 Å². The van der Waals surface area contributed by atoms with Crippen molar-refractivity contribution in [2.24, 2.45) is 0 Å². The monoisotopic (exact) mass is 314 g/mol. The van der Waals surface area contributed by atoms with E-state index in [1.54, 1.807) is 0 Å². The van der Waals surface area contributed by atoms with Crippen LogP contribution in [0.2, 0.25) is 0 Å². The summed E-state index contributed by atoms with van der Waals surface area (Å²) in [6.07, 6.45) is -3.20. The van der Waals surface area contributed by atoms with Gasteiger partial charge in [0.05, 0.1) is 5.56 Å². The van der Waals surface area contributed by atoms with Gasteiger partial charge in [0.2, 0.25) is 0 Å². The molecule has 1 heterocycles. The Balaban J connectivity index is 2.03. The minimum absolute atomic E-state index is 0.185. The van der Waals surface area contributed by atoms with Crippen molar-refractivity contribution in [3.8, 4) is 0 Å². The quantitative estimate of drug-likeness (QED) is 0.394. The largest absolute Gasteiger partial charge is 0.491 e. The van der Waals surface area contributed by atoms with Crippen LogP contribution in [0.4, 0.5) is 13.2 Å². The van der Waals surface area contributed by atoms with Crippen molar-refractivity contribution < 1.29 is 27.5 Å². The van der Waals surface area contributed by atoms with Gasteiger partial charge in [0.15, 0.2) is 0 Å². The number of benzene rings is 1. The van der Waals surface area contributed by atoms with Gasteiger partial charge < -0.3 is 9.64 Å². The second-order valence-corrected chi connectivity index (χ2v) is 4.79. The molecule has 0 spiro atoms. The van der Waals surface area contributed by atoms with E-state index in [2.05, 4.69) is 4.74 Å². The van der Waals surface area contributed by atoms with Gasteiger partial charge >= 0.3 is 18.1 Å². The molecule has 0 bridgehead atoms. The van der Waals surface area contributed by atoms with Crippen LogP contribution in [0.15, 0.2) is 24.3 Å². The number of halogens is 3. The number of carbonyl (C=O) groups is 2. The van der Waals surface area contributed by atoms with Gasteiger partial charge in [-0.1, -0.05) is 12.1 Å². The maximum atomic E-state index is 12.0. The molecule has 5 nitrogen and oxygen atoms in total. The predicted octanol–water partition coefficient (Wildman–Crippen LogP) is 2.35. The molecule has 1 aromatic rings. The van der Waals surface area contributed by atoms with Crippen LogP contribution in [0.1, 0.15) is 28.8 Å². The van der Waals surface area contributed by atoms with Crippen LogP contribution in [-0.4, -0.2) is 41.9 Å². The van der Waals surface area contributed by atoms with Gasteiger partial charge in [0.1, 0.15) is 5.84 Å². The van der Waals surface area contributed by atoms with E-state index >= 15 is 0 Å². The SMILES string of the molecule is N=C(c1ccc(C(=O)OC(=O)C(F)(F)F)cc1)N1CCCC1. The summed E-state index contributed by atoms with van der Waals surface area (Å²) in [6, 6.07) is 5.34. The summed E-state index contributed by atoms with van der Waals surface area (Å²) in [4.78, 5) is 23.9. The van der Waals surface area contributed by atoms with Gasteiger partial charge in [-0.25, -0.2) is 9.59 Å². The smallest absolute Gasteiger partial charge is 0.383 e. The van der Waals surface area contributed by atoms with Crippen LogP contribution >= 0.6 is 0 Å². The van der Waals surface area contributed by atoms with Gasteiger partial charge in [-0.3, -0.25) is 5.41 Å². The average molecular weight is 314 g/mol.